The Morgan fingerprint density at radius 2 is 1.92 bits per heavy atom. The second kappa shape index (κ2) is 8.47. The van der Waals surface area contributed by atoms with Gasteiger partial charge in [-0.2, -0.15) is 0 Å². The van der Waals surface area contributed by atoms with Crippen molar-refractivity contribution in [2.45, 2.75) is 45.6 Å². The third-order valence-electron chi connectivity index (χ3n) is 3.97. The number of carbonyl (C=O) groups excluding carboxylic acids is 3. The number of nitrogens with one attached hydrogen (secondary N) is 1. The van der Waals surface area contributed by atoms with E-state index in [1.807, 2.05) is 24.3 Å². The number of carbonyl (C=O) groups is 3. The number of esters is 1. The van der Waals surface area contributed by atoms with Crippen LogP contribution >= 0.6 is 0 Å². The molecule has 1 N–H and O–H groups in total. The maximum atomic E-state index is 12.1. The minimum Gasteiger partial charge on any atom is -0.452 e. The first-order valence-corrected chi connectivity index (χ1v) is 8.37. The summed E-state index contributed by atoms with van der Waals surface area (Å²) in [6.07, 6.45) is 2.47. The van der Waals surface area contributed by atoms with Crippen molar-refractivity contribution in [3.63, 3.8) is 0 Å². The predicted octanol–water partition coefficient (Wildman–Crippen LogP) is 2.06. The Morgan fingerprint density at radius 3 is 2.50 bits per heavy atom. The van der Waals surface area contributed by atoms with Crippen molar-refractivity contribution < 1.29 is 19.1 Å². The van der Waals surface area contributed by atoms with E-state index in [9.17, 15) is 14.4 Å². The molecule has 130 valence electrons. The highest BCUT2D eigenvalue weighted by molar-refractivity contribution is 5.98. The largest absolute Gasteiger partial charge is 0.452 e. The van der Waals surface area contributed by atoms with Gasteiger partial charge in [0.2, 0.25) is 0 Å². The lowest BCUT2D eigenvalue weighted by molar-refractivity contribution is -0.156. The fraction of sp³-hybridized carbons (Fsp3) is 0.500. The Kier molecular flexibility index (Phi) is 6.35. The van der Waals surface area contributed by atoms with Gasteiger partial charge in [0.15, 0.2) is 6.10 Å². The molecule has 6 nitrogen and oxygen atoms in total. The summed E-state index contributed by atoms with van der Waals surface area (Å²) in [6, 6.07) is 7.41. The van der Waals surface area contributed by atoms with Gasteiger partial charge in [-0.15, -0.1) is 0 Å². The van der Waals surface area contributed by atoms with Crippen LogP contribution in [0.2, 0.25) is 0 Å². The average Bonchev–Trinajstić information content (AvgIpc) is 2.99. The van der Waals surface area contributed by atoms with Crippen LogP contribution in [-0.2, 0) is 27.2 Å². The lowest BCUT2D eigenvalue weighted by Gasteiger charge is -2.18. The molecule has 1 aliphatic heterocycles. The van der Waals surface area contributed by atoms with Gasteiger partial charge in [-0.25, -0.2) is 4.79 Å². The molecule has 1 fully saturated rings. The summed E-state index contributed by atoms with van der Waals surface area (Å²) in [5.74, 6) is -0.968. The van der Waals surface area contributed by atoms with E-state index in [0.717, 1.165) is 29.7 Å². The number of amides is 3. The quantitative estimate of drug-likeness (QED) is 0.776. The number of rotatable bonds is 7. The number of hydrogen-bond donors (Lipinski definition) is 1. The molecule has 1 saturated heterocycles. The summed E-state index contributed by atoms with van der Waals surface area (Å²) in [5, 5.41) is 2.54. The zero-order valence-corrected chi connectivity index (χ0v) is 14.2. The second-order valence-electron chi connectivity index (χ2n) is 5.95. The predicted molar refractivity (Wildman–Crippen MR) is 89.4 cm³/mol. The third-order valence-corrected chi connectivity index (χ3v) is 3.97. The van der Waals surface area contributed by atoms with Crippen LogP contribution < -0.4 is 5.32 Å². The number of aryl methyl sites for hydroxylation is 1. The maximum Gasteiger partial charge on any atom is 0.324 e. The van der Waals surface area contributed by atoms with Crippen LogP contribution in [0, 0.1) is 0 Å². The summed E-state index contributed by atoms with van der Waals surface area (Å²) in [7, 11) is 0. The highest BCUT2D eigenvalue weighted by atomic mass is 16.5. The van der Waals surface area contributed by atoms with Gasteiger partial charge in [0.05, 0.1) is 6.42 Å². The molecule has 0 aliphatic carbocycles. The Hall–Kier alpha value is -2.37. The molecule has 1 aliphatic rings. The maximum absolute atomic E-state index is 12.1. The van der Waals surface area contributed by atoms with Crippen LogP contribution in [0.15, 0.2) is 24.3 Å². The Morgan fingerprint density at radius 1 is 1.25 bits per heavy atom. The first-order chi connectivity index (χ1) is 11.5. The van der Waals surface area contributed by atoms with Crippen molar-refractivity contribution in [2.75, 3.05) is 13.1 Å². The molecule has 6 heteroatoms. The molecule has 1 aromatic carbocycles. The molecule has 1 aromatic rings. The summed E-state index contributed by atoms with van der Waals surface area (Å²) < 4.78 is 5.16. The Labute approximate surface area is 142 Å². The van der Waals surface area contributed by atoms with Crippen LogP contribution in [0.3, 0.4) is 0 Å². The van der Waals surface area contributed by atoms with Gasteiger partial charge >= 0.3 is 12.0 Å². The lowest BCUT2D eigenvalue weighted by Crippen LogP contribution is -2.42. The molecule has 0 aromatic heterocycles. The van der Waals surface area contributed by atoms with Gasteiger partial charge in [0.25, 0.3) is 5.91 Å². The molecule has 1 heterocycles. The van der Waals surface area contributed by atoms with Crippen LogP contribution in [0.1, 0.15) is 37.8 Å². The van der Waals surface area contributed by atoms with Crippen molar-refractivity contribution in [1.82, 2.24) is 10.2 Å². The SMILES string of the molecule is CCCCc1ccc(CC(=O)O[C@@H](C)C(=O)N2CCNC2=O)cc1. The van der Waals surface area contributed by atoms with Gasteiger partial charge in [-0.05, 0) is 30.9 Å². The highest BCUT2D eigenvalue weighted by Gasteiger charge is 2.31. The topological polar surface area (TPSA) is 75.7 Å². The molecular formula is C18H24N2O4. The minimum absolute atomic E-state index is 0.109. The molecule has 0 spiro atoms. The fourth-order valence-electron chi connectivity index (χ4n) is 2.56. The number of hydrogen-bond acceptors (Lipinski definition) is 4. The zero-order valence-electron chi connectivity index (χ0n) is 14.2. The summed E-state index contributed by atoms with van der Waals surface area (Å²) >= 11 is 0. The molecule has 24 heavy (non-hydrogen) atoms. The number of imide groups is 1. The van der Waals surface area contributed by atoms with Crippen LogP contribution in [0.4, 0.5) is 4.79 Å². The molecule has 0 unspecified atom stereocenters. The number of unbranched alkanes of at least 4 members (excludes halogenated alkanes) is 1. The highest BCUT2D eigenvalue weighted by Crippen LogP contribution is 2.10. The molecule has 0 saturated carbocycles. The number of nitrogens with zero attached hydrogens (tertiary/aromatic N) is 1. The number of ether oxygens (including phenoxy) is 1. The smallest absolute Gasteiger partial charge is 0.324 e. The third kappa shape index (κ3) is 4.81. The Balaban J connectivity index is 1.83. The average molecular weight is 332 g/mol. The first-order valence-electron chi connectivity index (χ1n) is 8.37. The number of urea groups is 1. The summed E-state index contributed by atoms with van der Waals surface area (Å²) in [6.45, 7) is 4.37. The standard InChI is InChI=1S/C18H24N2O4/c1-3-4-5-14-6-8-15(9-7-14)12-16(21)24-13(2)17(22)20-11-10-19-18(20)23/h6-9,13H,3-5,10-12H2,1-2H3,(H,19,23)/t13-/m0/s1. The lowest BCUT2D eigenvalue weighted by atomic mass is 10.1. The second-order valence-corrected chi connectivity index (χ2v) is 5.95. The Bertz CT molecular complexity index is 598. The van der Waals surface area contributed by atoms with Crippen molar-refractivity contribution >= 4 is 17.9 Å². The van der Waals surface area contributed by atoms with Gasteiger partial charge in [-0.1, -0.05) is 37.6 Å². The monoisotopic (exact) mass is 332 g/mol. The van der Waals surface area contributed by atoms with E-state index in [0.29, 0.717) is 13.1 Å². The van der Waals surface area contributed by atoms with E-state index < -0.39 is 24.0 Å². The van der Waals surface area contributed by atoms with Gasteiger partial charge < -0.3 is 10.1 Å². The minimum atomic E-state index is -0.967. The fourth-order valence-corrected chi connectivity index (χ4v) is 2.56. The van der Waals surface area contributed by atoms with E-state index in [4.69, 9.17) is 4.74 Å². The summed E-state index contributed by atoms with van der Waals surface area (Å²) in [4.78, 5) is 36.6. The van der Waals surface area contributed by atoms with Crippen LogP contribution in [-0.4, -0.2) is 42.0 Å². The van der Waals surface area contributed by atoms with Crippen molar-refractivity contribution in [1.29, 1.82) is 0 Å². The number of benzene rings is 1. The molecule has 2 rings (SSSR count). The zero-order chi connectivity index (χ0) is 17.5. The van der Waals surface area contributed by atoms with E-state index in [2.05, 4.69) is 12.2 Å². The van der Waals surface area contributed by atoms with Crippen LogP contribution in [0.25, 0.3) is 0 Å². The van der Waals surface area contributed by atoms with Crippen molar-refractivity contribution in [2.24, 2.45) is 0 Å². The van der Waals surface area contributed by atoms with Crippen LogP contribution in [0.5, 0.6) is 0 Å². The van der Waals surface area contributed by atoms with Crippen molar-refractivity contribution in [3.05, 3.63) is 35.4 Å². The van der Waals surface area contributed by atoms with Crippen molar-refractivity contribution in [3.8, 4) is 0 Å². The van der Waals surface area contributed by atoms with E-state index >= 15 is 0 Å². The normalized spacial score (nSPS) is 15.1. The van der Waals surface area contributed by atoms with Gasteiger partial charge in [-0.3, -0.25) is 14.5 Å². The molecule has 3 amide bonds. The molecular weight excluding hydrogens is 308 g/mol. The van der Waals surface area contributed by atoms with E-state index in [1.54, 1.807) is 0 Å². The molecule has 0 radical (unpaired) electrons. The van der Waals surface area contributed by atoms with Gasteiger partial charge in [0, 0.05) is 13.1 Å². The first kappa shape index (κ1) is 18.0. The van der Waals surface area contributed by atoms with Gasteiger partial charge in [0.1, 0.15) is 0 Å². The molecule has 1 atom stereocenters. The van der Waals surface area contributed by atoms with E-state index in [-0.39, 0.29) is 6.42 Å². The molecule has 0 bridgehead atoms. The van der Waals surface area contributed by atoms with E-state index in [1.165, 1.54) is 12.5 Å². The summed E-state index contributed by atoms with van der Waals surface area (Å²) in [5.41, 5.74) is 2.09.